The van der Waals surface area contributed by atoms with E-state index in [2.05, 4.69) is 42.4 Å². The first-order valence-electron chi connectivity index (χ1n) is 6.73. The quantitative estimate of drug-likeness (QED) is 0.835. The van der Waals surface area contributed by atoms with Crippen LogP contribution in [0, 0.1) is 12.8 Å². The highest BCUT2D eigenvalue weighted by Crippen LogP contribution is 2.30. The van der Waals surface area contributed by atoms with Gasteiger partial charge >= 0.3 is 0 Å². The highest BCUT2D eigenvalue weighted by Gasteiger charge is 2.28. The monoisotopic (exact) mass is 248 g/mol. The summed E-state index contributed by atoms with van der Waals surface area (Å²) < 4.78 is 0. The fourth-order valence-electron chi connectivity index (χ4n) is 2.80. The summed E-state index contributed by atoms with van der Waals surface area (Å²) in [5.74, 6) is 0.654. The highest BCUT2D eigenvalue weighted by molar-refractivity contribution is 5.54. The second-order valence-corrected chi connectivity index (χ2v) is 5.52. The van der Waals surface area contributed by atoms with Gasteiger partial charge in [-0.2, -0.15) is 0 Å². The van der Waals surface area contributed by atoms with Gasteiger partial charge in [-0.3, -0.25) is 0 Å². The number of anilines is 1. The third-order valence-electron chi connectivity index (χ3n) is 3.80. The Labute approximate surface area is 110 Å². The molecule has 3 nitrogen and oxygen atoms in total. The molecule has 0 heterocycles. The van der Waals surface area contributed by atoms with Gasteiger partial charge in [-0.15, -0.1) is 0 Å². The molecule has 0 unspecified atom stereocenters. The summed E-state index contributed by atoms with van der Waals surface area (Å²) in [5, 5.41) is 12.5. The topological polar surface area (TPSA) is 35.5 Å². The Hall–Kier alpha value is -1.06. The molecule has 0 bridgehead atoms. The minimum absolute atomic E-state index is 0.0532. The van der Waals surface area contributed by atoms with E-state index in [1.807, 2.05) is 7.05 Å². The van der Waals surface area contributed by atoms with Crippen molar-refractivity contribution < 1.29 is 5.11 Å². The molecule has 3 heteroatoms. The van der Waals surface area contributed by atoms with Crippen molar-refractivity contribution in [1.82, 2.24) is 5.32 Å². The van der Waals surface area contributed by atoms with Gasteiger partial charge in [0.1, 0.15) is 0 Å². The zero-order valence-electron chi connectivity index (χ0n) is 11.6. The molecule has 0 radical (unpaired) electrons. The Bertz CT molecular complexity index is 399. The number of hydrogen-bond acceptors (Lipinski definition) is 3. The van der Waals surface area contributed by atoms with E-state index in [1.54, 1.807) is 0 Å². The number of aryl methyl sites for hydroxylation is 1. The standard InChI is InChI=1S/C15H24N2O/c1-11-6-12(9-16-2)4-5-15(11)17(3)10-13-7-14(18)8-13/h4-6,13-14,16,18H,7-10H2,1-3H3. The summed E-state index contributed by atoms with van der Waals surface area (Å²) in [5.41, 5.74) is 3.95. The van der Waals surface area contributed by atoms with Gasteiger partial charge in [0, 0.05) is 25.8 Å². The summed E-state index contributed by atoms with van der Waals surface area (Å²) in [7, 11) is 4.11. The van der Waals surface area contributed by atoms with Crippen LogP contribution in [-0.2, 0) is 6.54 Å². The van der Waals surface area contributed by atoms with Crippen LogP contribution in [-0.4, -0.2) is 31.9 Å². The molecule has 1 aliphatic rings. The SMILES string of the molecule is CNCc1ccc(N(C)CC2CC(O)C2)c(C)c1. The molecule has 100 valence electrons. The van der Waals surface area contributed by atoms with Crippen LogP contribution in [0.2, 0.25) is 0 Å². The Morgan fingerprint density at radius 3 is 2.67 bits per heavy atom. The number of benzene rings is 1. The van der Waals surface area contributed by atoms with Crippen molar-refractivity contribution >= 4 is 5.69 Å². The van der Waals surface area contributed by atoms with Crippen molar-refractivity contribution in [2.75, 3.05) is 25.5 Å². The van der Waals surface area contributed by atoms with Crippen LogP contribution >= 0.6 is 0 Å². The maximum atomic E-state index is 9.33. The molecule has 0 saturated heterocycles. The fourth-order valence-corrected chi connectivity index (χ4v) is 2.80. The first-order chi connectivity index (χ1) is 8.60. The second-order valence-electron chi connectivity index (χ2n) is 5.52. The van der Waals surface area contributed by atoms with Crippen LogP contribution in [0.5, 0.6) is 0 Å². The van der Waals surface area contributed by atoms with Crippen molar-refractivity contribution in [2.24, 2.45) is 5.92 Å². The largest absolute Gasteiger partial charge is 0.393 e. The summed E-state index contributed by atoms with van der Waals surface area (Å²) in [6, 6.07) is 6.64. The molecule has 1 aliphatic carbocycles. The van der Waals surface area contributed by atoms with Gasteiger partial charge in [0.05, 0.1) is 6.10 Å². The zero-order valence-corrected chi connectivity index (χ0v) is 11.6. The van der Waals surface area contributed by atoms with Crippen LogP contribution in [0.1, 0.15) is 24.0 Å². The molecular weight excluding hydrogens is 224 g/mol. The van der Waals surface area contributed by atoms with Crippen LogP contribution in [0.3, 0.4) is 0 Å². The zero-order chi connectivity index (χ0) is 13.1. The third kappa shape index (κ3) is 3.03. The van der Waals surface area contributed by atoms with Crippen LogP contribution < -0.4 is 10.2 Å². The van der Waals surface area contributed by atoms with E-state index < -0.39 is 0 Å². The lowest BCUT2D eigenvalue weighted by Crippen LogP contribution is -2.37. The van der Waals surface area contributed by atoms with Crippen molar-refractivity contribution in [3.63, 3.8) is 0 Å². The lowest BCUT2D eigenvalue weighted by Gasteiger charge is -2.35. The van der Waals surface area contributed by atoms with Crippen molar-refractivity contribution in [3.8, 4) is 0 Å². The molecule has 0 atom stereocenters. The maximum absolute atomic E-state index is 9.33. The molecule has 0 aromatic heterocycles. The van der Waals surface area contributed by atoms with Gasteiger partial charge in [-0.25, -0.2) is 0 Å². The number of hydrogen-bond donors (Lipinski definition) is 2. The van der Waals surface area contributed by atoms with E-state index in [-0.39, 0.29) is 6.10 Å². The number of nitrogens with one attached hydrogen (secondary N) is 1. The summed E-state index contributed by atoms with van der Waals surface area (Å²) in [6.07, 6.45) is 1.87. The predicted molar refractivity (Wildman–Crippen MR) is 75.9 cm³/mol. The molecule has 0 spiro atoms. The van der Waals surface area contributed by atoms with E-state index in [0.717, 1.165) is 25.9 Å². The molecule has 0 amide bonds. The Morgan fingerprint density at radius 2 is 2.11 bits per heavy atom. The minimum atomic E-state index is -0.0532. The number of rotatable bonds is 5. The lowest BCUT2D eigenvalue weighted by atomic mass is 9.82. The second kappa shape index (κ2) is 5.72. The number of nitrogens with zero attached hydrogens (tertiary/aromatic N) is 1. The van der Waals surface area contributed by atoms with Gasteiger partial charge in [0.15, 0.2) is 0 Å². The van der Waals surface area contributed by atoms with Gasteiger partial charge in [-0.05, 0) is 49.9 Å². The summed E-state index contributed by atoms with van der Waals surface area (Å²) in [4.78, 5) is 2.31. The normalized spacial score (nSPS) is 22.7. The molecule has 1 fully saturated rings. The average Bonchev–Trinajstić information content (AvgIpc) is 2.27. The van der Waals surface area contributed by atoms with Crippen LogP contribution in [0.25, 0.3) is 0 Å². The molecular formula is C15H24N2O. The van der Waals surface area contributed by atoms with Gasteiger partial charge < -0.3 is 15.3 Å². The molecule has 1 aromatic carbocycles. The third-order valence-corrected chi connectivity index (χ3v) is 3.80. The number of aliphatic hydroxyl groups is 1. The Morgan fingerprint density at radius 1 is 1.39 bits per heavy atom. The highest BCUT2D eigenvalue weighted by atomic mass is 16.3. The van der Waals surface area contributed by atoms with Gasteiger partial charge in [-0.1, -0.05) is 12.1 Å². The summed E-state index contributed by atoms with van der Waals surface area (Å²) in [6.45, 7) is 4.13. The first-order valence-corrected chi connectivity index (χ1v) is 6.73. The van der Waals surface area contributed by atoms with Crippen LogP contribution in [0.4, 0.5) is 5.69 Å². The molecule has 2 rings (SSSR count). The molecule has 2 N–H and O–H groups in total. The number of aliphatic hydroxyl groups excluding tert-OH is 1. The van der Waals surface area contributed by atoms with Crippen molar-refractivity contribution in [2.45, 2.75) is 32.4 Å². The minimum Gasteiger partial charge on any atom is -0.393 e. The van der Waals surface area contributed by atoms with E-state index in [1.165, 1.54) is 16.8 Å². The Balaban J connectivity index is 1.99. The smallest absolute Gasteiger partial charge is 0.0546 e. The summed E-state index contributed by atoms with van der Waals surface area (Å²) >= 11 is 0. The average molecular weight is 248 g/mol. The molecule has 1 aromatic rings. The van der Waals surface area contributed by atoms with Crippen molar-refractivity contribution in [3.05, 3.63) is 29.3 Å². The van der Waals surface area contributed by atoms with E-state index in [4.69, 9.17) is 0 Å². The van der Waals surface area contributed by atoms with Crippen molar-refractivity contribution in [1.29, 1.82) is 0 Å². The maximum Gasteiger partial charge on any atom is 0.0546 e. The predicted octanol–water partition coefficient (Wildman–Crippen LogP) is 1.92. The van der Waals surface area contributed by atoms with Gasteiger partial charge in [0.2, 0.25) is 0 Å². The van der Waals surface area contributed by atoms with Crippen LogP contribution in [0.15, 0.2) is 18.2 Å². The molecule has 18 heavy (non-hydrogen) atoms. The molecule has 1 saturated carbocycles. The Kier molecular flexibility index (Phi) is 4.25. The van der Waals surface area contributed by atoms with Gasteiger partial charge in [0.25, 0.3) is 0 Å². The van der Waals surface area contributed by atoms with E-state index in [9.17, 15) is 5.11 Å². The van der Waals surface area contributed by atoms with E-state index >= 15 is 0 Å². The lowest BCUT2D eigenvalue weighted by molar-refractivity contribution is 0.0465. The first kappa shape index (κ1) is 13.4. The van der Waals surface area contributed by atoms with E-state index in [0.29, 0.717) is 5.92 Å². The fraction of sp³-hybridized carbons (Fsp3) is 0.600. The molecule has 0 aliphatic heterocycles.